The Labute approximate surface area is 109 Å². The third kappa shape index (κ3) is 2.19. The van der Waals surface area contributed by atoms with Gasteiger partial charge in [-0.05, 0) is 13.0 Å². The molecule has 0 aliphatic carbocycles. The van der Waals surface area contributed by atoms with Gasteiger partial charge in [-0.25, -0.2) is 4.63 Å². The monoisotopic (exact) mass is 263 g/mol. The predicted octanol–water partition coefficient (Wildman–Crippen LogP) is 1.14. The molecule has 1 aliphatic rings. The Bertz CT molecular complexity index is 597. The first kappa shape index (κ1) is 11.8. The Morgan fingerprint density at radius 3 is 2.74 bits per heavy atom. The van der Waals surface area contributed by atoms with Crippen molar-refractivity contribution in [2.45, 2.75) is 20.1 Å². The number of nitrogens with two attached hydrogens (primary N) is 1. The van der Waals surface area contributed by atoms with Gasteiger partial charge in [-0.1, -0.05) is 10.3 Å². The summed E-state index contributed by atoms with van der Waals surface area (Å²) in [4.78, 5) is 0. The lowest BCUT2D eigenvalue weighted by molar-refractivity contribution is 0.173. The quantitative estimate of drug-likeness (QED) is 0.884. The van der Waals surface area contributed by atoms with Crippen LogP contribution < -0.4 is 19.9 Å². The molecular weight excluding hydrogens is 250 g/mol. The maximum absolute atomic E-state index is 5.70. The standard InChI is InChI=1S/C12H13N3O4/c1-7-9(15-19-14-7)5-16-10-3-12-11(17-6-18-12)2-8(10)4-13/h2-3H,4-6,13H2,1H3. The molecule has 1 aliphatic heterocycles. The number of fused-ring (bicyclic) bond motifs is 1. The van der Waals surface area contributed by atoms with Gasteiger partial charge < -0.3 is 19.9 Å². The van der Waals surface area contributed by atoms with Gasteiger partial charge in [0, 0.05) is 18.2 Å². The van der Waals surface area contributed by atoms with E-state index in [2.05, 4.69) is 14.9 Å². The number of ether oxygens (including phenoxy) is 3. The highest BCUT2D eigenvalue weighted by molar-refractivity contribution is 5.51. The Balaban J connectivity index is 1.82. The third-order valence-corrected chi connectivity index (χ3v) is 2.89. The fourth-order valence-electron chi connectivity index (χ4n) is 1.79. The predicted molar refractivity (Wildman–Crippen MR) is 63.8 cm³/mol. The van der Waals surface area contributed by atoms with E-state index < -0.39 is 0 Å². The number of aryl methyl sites for hydroxylation is 1. The average Bonchev–Trinajstić information content (AvgIpc) is 3.03. The molecule has 0 atom stereocenters. The van der Waals surface area contributed by atoms with Gasteiger partial charge in [0.25, 0.3) is 0 Å². The normalized spacial score (nSPS) is 12.7. The fraction of sp³-hybridized carbons (Fsp3) is 0.333. The summed E-state index contributed by atoms with van der Waals surface area (Å²) < 4.78 is 20.9. The molecule has 7 heteroatoms. The summed E-state index contributed by atoms with van der Waals surface area (Å²) in [5, 5.41) is 7.45. The summed E-state index contributed by atoms with van der Waals surface area (Å²) in [6.45, 7) is 2.64. The van der Waals surface area contributed by atoms with E-state index in [1.807, 2.05) is 6.07 Å². The van der Waals surface area contributed by atoms with Gasteiger partial charge in [0.1, 0.15) is 23.7 Å². The Morgan fingerprint density at radius 2 is 2.05 bits per heavy atom. The van der Waals surface area contributed by atoms with Crippen LogP contribution in [0.5, 0.6) is 17.2 Å². The van der Waals surface area contributed by atoms with Crippen LogP contribution in [0.1, 0.15) is 17.0 Å². The van der Waals surface area contributed by atoms with Crippen molar-refractivity contribution in [3.63, 3.8) is 0 Å². The summed E-state index contributed by atoms with van der Waals surface area (Å²) in [5.41, 5.74) is 7.90. The molecule has 0 unspecified atom stereocenters. The van der Waals surface area contributed by atoms with Crippen molar-refractivity contribution in [1.29, 1.82) is 0 Å². The van der Waals surface area contributed by atoms with Crippen molar-refractivity contribution in [2.24, 2.45) is 5.73 Å². The maximum atomic E-state index is 5.70. The van der Waals surface area contributed by atoms with Crippen LogP contribution in [0.3, 0.4) is 0 Å². The van der Waals surface area contributed by atoms with E-state index in [1.165, 1.54) is 0 Å². The second-order valence-corrected chi connectivity index (χ2v) is 4.10. The van der Waals surface area contributed by atoms with Crippen molar-refractivity contribution >= 4 is 0 Å². The Kier molecular flexibility index (Phi) is 2.96. The van der Waals surface area contributed by atoms with E-state index in [0.717, 1.165) is 5.56 Å². The molecule has 1 aromatic carbocycles. The average molecular weight is 263 g/mol. The van der Waals surface area contributed by atoms with Gasteiger partial charge in [0.05, 0.1) is 0 Å². The SMILES string of the molecule is Cc1nonc1COc1cc2c(cc1CN)OCO2. The lowest BCUT2D eigenvalue weighted by Gasteiger charge is -2.10. The van der Waals surface area contributed by atoms with Crippen LogP contribution in [0, 0.1) is 6.92 Å². The molecule has 0 amide bonds. The number of aromatic nitrogens is 2. The maximum Gasteiger partial charge on any atom is 0.231 e. The first-order chi connectivity index (χ1) is 9.28. The molecule has 0 saturated heterocycles. The topological polar surface area (TPSA) is 92.6 Å². The zero-order valence-corrected chi connectivity index (χ0v) is 10.4. The number of nitrogens with zero attached hydrogens (tertiary/aromatic N) is 2. The molecule has 0 bridgehead atoms. The van der Waals surface area contributed by atoms with Crippen LogP contribution in [0.4, 0.5) is 0 Å². The molecule has 0 saturated carbocycles. The van der Waals surface area contributed by atoms with Crippen LogP contribution in [0.15, 0.2) is 16.8 Å². The molecule has 0 fully saturated rings. The number of rotatable bonds is 4. The van der Waals surface area contributed by atoms with Crippen LogP contribution in [0.25, 0.3) is 0 Å². The van der Waals surface area contributed by atoms with Gasteiger partial charge in [-0.2, -0.15) is 0 Å². The minimum atomic E-state index is 0.217. The highest BCUT2D eigenvalue weighted by Gasteiger charge is 2.18. The van der Waals surface area contributed by atoms with Crippen molar-refractivity contribution in [3.8, 4) is 17.2 Å². The highest BCUT2D eigenvalue weighted by atomic mass is 16.7. The smallest absolute Gasteiger partial charge is 0.231 e. The van der Waals surface area contributed by atoms with Crippen LogP contribution in [-0.2, 0) is 13.2 Å². The third-order valence-electron chi connectivity index (χ3n) is 2.89. The molecule has 3 rings (SSSR count). The molecule has 1 aromatic heterocycles. The largest absolute Gasteiger partial charge is 0.487 e. The Morgan fingerprint density at radius 1 is 1.26 bits per heavy atom. The van der Waals surface area contributed by atoms with Gasteiger partial charge in [-0.3, -0.25) is 0 Å². The molecule has 19 heavy (non-hydrogen) atoms. The van der Waals surface area contributed by atoms with Crippen LogP contribution in [-0.4, -0.2) is 17.1 Å². The summed E-state index contributed by atoms with van der Waals surface area (Å²) in [7, 11) is 0. The summed E-state index contributed by atoms with van der Waals surface area (Å²) >= 11 is 0. The second-order valence-electron chi connectivity index (χ2n) is 4.10. The van der Waals surface area contributed by atoms with Crippen molar-refractivity contribution in [3.05, 3.63) is 29.1 Å². The van der Waals surface area contributed by atoms with Crippen LogP contribution in [0.2, 0.25) is 0 Å². The zero-order valence-electron chi connectivity index (χ0n) is 10.4. The van der Waals surface area contributed by atoms with Gasteiger partial charge in [0.2, 0.25) is 6.79 Å². The summed E-state index contributed by atoms with van der Waals surface area (Å²) in [6.07, 6.45) is 0. The van der Waals surface area contributed by atoms with Crippen molar-refractivity contribution < 1.29 is 18.8 Å². The number of hydrogen-bond donors (Lipinski definition) is 1. The molecule has 7 nitrogen and oxygen atoms in total. The van der Waals surface area contributed by atoms with Gasteiger partial charge in [-0.15, -0.1) is 0 Å². The van der Waals surface area contributed by atoms with E-state index in [-0.39, 0.29) is 13.4 Å². The molecule has 2 N–H and O–H groups in total. The molecule has 0 radical (unpaired) electrons. The minimum absolute atomic E-state index is 0.217. The summed E-state index contributed by atoms with van der Waals surface area (Å²) in [6, 6.07) is 3.60. The molecule has 0 spiro atoms. The van der Waals surface area contributed by atoms with E-state index in [0.29, 0.717) is 35.2 Å². The fourth-order valence-corrected chi connectivity index (χ4v) is 1.79. The number of hydrogen-bond acceptors (Lipinski definition) is 7. The van der Waals surface area contributed by atoms with E-state index >= 15 is 0 Å². The molecule has 2 heterocycles. The first-order valence-corrected chi connectivity index (χ1v) is 5.81. The second kappa shape index (κ2) is 4.77. The van der Waals surface area contributed by atoms with Gasteiger partial charge >= 0.3 is 0 Å². The number of benzene rings is 1. The lowest BCUT2D eigenvalue weighted by atomic mass is 10.2. The van der Waals surface area contributed by atoms with E-state index in [9.17, 15) is 0 Å². The van der Waals surface area contributed by atoms with E-state index in [4.69, 9.17) is 19.9 Å². The van der Waals surface area contributed by atoms with Crippen molar-refractivity contribution in [1.82, 2.24) is 10.3 Å². The zero-order chi connectivity index (χ0) is 13.2. The first-order valence-electron chi connectivity index (χ1n) is 5.81. The van der Waals surface area contributed by atoms with Crippen LogP contribution >= 0.6 is 0 Å². The molecule has 2 aromatic rings. The highest BCUT2D eigenvalue weighted by Crippen LogP contribution is 2.38. The van der Waals surface area contributed by atoms with Gasteiger partial charge in [0.15, 0.2) is 11.5 Å². The lowest BCUT2D eigenvalue weighted by Crippen LogP contribution is -2.03. The summed E-state index contributed by atoms with van der Waals surface area (Å²) in [5.74, 6) is 1.99. The van der Waals surface area contributed by atoms with Crippen molar-refractivity contribution in [2.75, 3.05) is 6.79 Å². The Hall–Kier alpha value is -2.28. The molecule has 100 valence electrons. The molecular formula is C12H13N3O4. The minimum Gasteiger partial charge on any atom is -0.487 e. The van der Waals surface area contributed by atoms with E-state index in [1.54, 1.807) is 13.0 Å².